The number of carbonyl (C=O) groups excluding carboxylic acids is 2. The van der Waals surface area contributed by atoms with Crippen LogP contribution in [-0.4, -0.2) is 42.4 Å². The van der Waals surface area contributed by atoms with E-state index in [4.69, 9.17) is 4.74 Å². The molecule has 1 saturated heterocycles. The molecule has 1 aliphatic heterocycles. The molecule has 2 N–H and O–H groups in total. The summed E-state index contributed by atoms with van der Waals surface area (Å²) in [4.78, 5) is 27.4. The standard InChI is InChI=1S/C24H31N3O3/c1-4-21(26-23(28)17(2)25-3)24(29)27-15-9-14-22(27)18-10-8-13-20(16-18)30-19-11-6-5-7-12-19/h5-8,10-13,16-17,21-22,25H,4,9,14-15H2,1-3H3,(H,26,28)/t17-,21-,22-/m0/s1. The van der Waals surface area contributed by atoms with E-state index in [0.717, 1.165) is 29.9 Å². The van der Waals surface area contributed by atoms with Crippen LogP contribution in [-0.2, 0) is 9.59 Å². The molecule has 2 amide bonds. The van der Waals surface area contributed by atoms with Crippen LogP contribution in [0.25, 0.3) is 0 Å². The SMILES string of the molecule is CC[C@H](NC(=O)[C@H](C)NC)C(=O)N1CCC[C@H]1c1cccc(Oc2ccccc2)c1. The normalized spacial score (nSPS) is 18.0. The zero-order valence-corrected chi connectivity index (χ0v) is 17.9. The molecule has 0 aromatic heterocycles. The number of likely N-dealkylation sites (tertiary alicyclic amines) is 1. The minimum Gasteiger partial charge on any atom is -0.457 e. The van der Waals surface area contributed by atoms with Gasteiger partial charge in [-0.3, -0.25) is 9.59 Å². The van der Waals surface area contributed by atoms with Gasteiger partial charge in [0.25, 0.3) is 0 Å². The third kappa shape index (κ3) is 5.19. The lowest BCUT2D eigenvalue weighted by molar-refractivity contribution is -0.137. The van der Waals surface area contributed by atoms with Crippen LogP contribution in [0.15, 0.2) is 54.6 Å². The Balaban J connectivity index is 1.74. The Morgan fingerprint density at radius 1 is 1.13 bits per heavy atom. The van der Waals surface area contributed by atoms with Crippen molar-refractivity contribution in [1.82, 2.24) is 15.5 Å². The zero-order chi connectivity index (χ0) is 21.5. The Hall–Kier alpha value is -2.86. The van der Waals surface area contributed by atoms with E-state index in [9.17, 15) is 9.59 Å². The first kappa shape index (κ1) is 21.8. The summed E-state index contributed by atoms with van der Waals surface area (Å²) in [7, 11) is 1.73. The first-order valence-electron chi connectivity index (χ1n) is 10.6. The first-order chi connectivity index (χ1) is 14.5. The summed E-state index contributed by atoms with van der Waals surface area (Å²) in [6.07, 6.45) is 2.40. The van der Waals surface area contributed by atoms with E-state index >= 15 is 0 Å². The van der Waals surface area contributed by atoms with Crippen LogP contribution in [0.1, 0.15) is 44.7 Å². The average Bonchev–Trinajstić information content (AvgIpc) is 3.27. The summed E-state index contributed by atoms with van der Waals surface area (Å²) < 4.78 is 5.97. The van der Waals surface area contributed by atoms with Crippen LogP contribution < -0.4 is 15.4 Å². The first-order valence-corrected chi connectivity index (χ1v) is 10.6. The van der Waals surface area contributed by atoms with Crippen molar-refractivity contribution in [2.24, 2.45) is 0 Å². The molecule has 0 unspecified atom stereocenters. The maximum absolute atomic E-state index is 13.2. The van der Waals surface area contributed by atoms with Crippen molar-refractivity contribution in [3.8, 4) is 11.5 Å². The fraction of sp³-hybridized carbons (Fsp3) is 0.417. The van der Waals surface area contributed by atoms with Gasteiger partial charge >= 0.3 is 0 Å². The van der Waals surface area contributed by atoms with E-state index in [-0.39, 0.29) is 23.9 Å². The Bertz CT molecular complexity index is 856. The number of hydrogen-bond acceptors (Lipinski definition) is 4. The van der Waals surface area contributed by atoms with Crippen molar-refractivity contribution in [3.05, 3.63) is 60.2 Å². The molecule has 1 heterocycles. The predicted octanol–water partition coefficient (Wildman–Crippen LogP) is 3.65. The van der Waals surface area contributed by atoms with E-state index in [0.29, 0.717) is 13.0 Å². The smallest absolute Gasteiger partial charge is 0.245 e. The fourth-order valence-electron chi connectivity index (χ4n) is 3.75. The Morgan fingerprint density at radius 3 is 2.57 bits per heavy atom. The molecule has 6 nitrogen and oxygen atoms in total. The van der Waals surface area contributed by atoms with Crippen molar-refractivity contribution >= 4 is 11.8 Å². The number of carbonyl (C=O) groups is 2. The molecule has 0 saturated carbocycles. The number of likely N-dealkylation sites (N-methyl/N-ethyl adjacent to an activating group) is 1. The largest absolute Gasteiger partial charge is 0.457 e. The molecule has 30 heavy (non-hydrogen) atoms. The number of nitrogens with zero attached hydrogens (tertiary/aromatic N) is 1. The molecule has 2 aromatic rings. The fourth-order valence-corrected chi connectivity index (χ4v) is 3.75. The molecule has 2 aromatic carbocycles. The molecular weight excluding hydrogens is 378 g/mol. The maximum atomic E-state index is 13.2. The number of rotatable bonds is 8. The van der Waals surface area contributed by atoms with E-state index in [2.05, 4.69) is 10.6 Å². The minimum absolute atomic E-state index is 0.00972. The van der Waals surface area contributed by atoms with Crippen molar-refractivity contribution < 1.29 is 14.3 Å². The molecule has 0 aliphatic carbocycles. The van der Waals surface area contributed by atoms with Crippen LogP contribution in [0.5, 0.6) is 11.5 Å². The summed E-state index contributed by atoms with van der Waals surface area (Å²) in [6, 6.07) is 16.7. The number of hydrogen-bond donors (Lipinski definition) is 2. The highest BCUT2D eigenvalue weighted by molar-refractivity contribution is 5.90. The Morgan fingerprint density at radius 2 is 1.87 bits per heavy atom. The minimum atomic E-state index is -0.516. The highest BCUT2D eigenvalue weighted by Gasteiger charge is 2.34. The monoisotopic (exact) mass is 409 g/mol. The summed E-state index contributed by atoms with van der Waals surface area (Å²) in [6.45, 7) is 4.40. The lowest BCUT2D eigenvalue weighted by atomic mass is 10.0. The maximum Gasteiger partial charge on any atom is 0.245 e. The molecule has 160 valence electrons. The molecule has 3 rings (SSSR count). The van der Waals surface area contributed by atoms with Crippen LogP contribution >= 0.6 is 0 Å². The van der Waals surface area contributed by atoms with Gasteiger partial charge in [-0.15, -0.1) is 0 Å². The van der Waals surface area contributed by atoms with Gasteiger partial charge in [0, 0.05) is 6.54 Å². The van der Waals surface area contributed by atoms with Crippen molar-refractivity contribution in [1.29, 1.82) is 0 Å². The second-order valence-corrected chi connectivity index (χ2v) is 7.66. The van der Waals surface area contributed by atoms with Crippen LogP contribution in [0.4, 0.5) is 0 Å². The molecule has 6 heteroatoms. The Labute approximate surface area is 178 Å². The van der Waals surface area contributed by atoms with Gasteiger partial charge in [-0.1, -0.05) is 37.3 Å². The molecule has 1 fully saturated rings. The number of amides is 2. The van der Waals surface area contributed by atoms with Gasteiger partial charge < -0.3 is 20.3 Å². The van der Waals surface area contributed by atoms with Gasteiger partial charge in [0.15, 0.2) is 0 Å². The summed E-state index contributed by atoms with van der Waals surface area (Å²) in [5.74, 6) is 1.35. The lowest BCUT2D eigenvalue weighted by Gasteiger charge is -2.30. The van der Waals surface area contributed by atoms with E-state index < -0.39 is 6.04 Å². The topological polar surface area (TPSA) is 70.7 Å². The number of nitrogens with one attached hydrogen (secondary N) is 2. The van der Waals surface area contributed by atoms with Crippen molar-refractivity contribution in [2.45, 2.75) is 51.2 Å². The highest BCUT2D eigenvalue weighted by atomic mass is 16.5. The van der Waals surface area contributed by atoms with Crippen LogP contribution in [0, 0.1) is 0 Å². The van der Waals surface area contributed by atoms with Crippen LogP contribution in [0.2, 0.25) is 0 Å². The van der Waals surface area contributed by atoms with Gasteiger partial charge in [0.1, 0.15) is 17.5 Å². The number of benzene rings is 2. The zero-order valence-electron chi connectivity index (χ0n) is 17.9. The van der Waals surface area contributed by atoms with Gasteiger partial charge in [0.05, 0.1) is 12.1 Å². The van der Waals surface area contributed by atoms with E-state index in [1.54, 1.807) is 14.0 Å². The molecular formula is C24H31N3O3. The van der Waals surface area contributed by atoms with Gasteiger partial charge in [-0.05, 0) is 63.1 Å². The van der Waals surface area contributed by atoms with Crippen LogP contribution in [0.3, 0.4) is 0 Å². The lowest BCUT2D eigenvalue weighted by Crippen LogP contribution is -2.52. The second kappa shape index (κ2) is 10.3. The highest BCUT2D eigenvalue weighted by Crippen LogP contribution is 2.35. The second-order valence-electron chi connectivity index (χ2n) is 7.66. The Kier molecular flexibility index (Phi) is 7.46. The molecule has 0 spiro atoms. The third-order valence-electron chi connectivity index (χ3n) is 5.61. The quantitative estimate of drug-likeness (QED) is 0.698. The molecule has 1 aliphatic rings. The number of para-hydroxylation sites is 1. The van der Waals surface area contributed by atoms with Gasteiger partial charge in [0.2, 0.25) is 11.8 Å². The molecule has 0 bridgehead atoms. The summed E-state index contributed by atoms with van der Waals surface area (Å²) in [5, 5.41) is 5.81. The van der Waals surface area contributed by atoms with Gasteiger partial charge in [-0.2, -0.15) is 0 Å². The summed E-state index contributed by atoms with van der Waals surface area (Å²) in [5.41, 5.74) is 1.05. The molecule has 0 radical (unpaired) electrons. The summed E-state index contributed by atoms with van der Waals surface area (Å²) >= 11 is 0. The van der Waals surface area contributed by atoms with Crippen molar-refractivity contribution in [2.75, 3.05) is 13.6 Å². The molecule has 3 atom stereocenters. The van der Waals surface area contributed by atoms with Crippen molar-refractivity contribution in [3.63, 3.8) is 0 Å². The predicted molar refractivity (Wildman–Crippen MR) is 117 cm³/mol. The van der Waals surface area contributed by atoms with E-state index in [1.807, 2.05) is 66.4 Å². The third-order valence-corrected chi connectivity index (χ3v) is 5.61. The van der Waals surface area contributed by atoms with Gasteiger partial charge in [-0.25, -0.2) is 0 Å². The number of ether oxygens (including phenoxy) is 1. The average molecular weight is 410 g/mol. The van der Waals surface area contributed by atoms with E-state index in [1.165, 1.54) is 0 Å².